The van der Waals surface area contributed by atoms with Gasteiger partial charge in [-0.05, 0) is 33.6 Å². The minimum atomic E-state index is -1.29. The summed E-state index contributed by atoms with van der Waals surface area (Å²) in [6, 6.07) is 19.4. The first-order chi connectivity index (χ1) is 8.98. The van der Waals surface area contributed by atoms with Crippen LogP contribution in [-0.2, 0) is 0 Å². The molecule has 0 aliphatic rings. The molecule has 0 N–H and O–H groups in total. The van der Waals surface area contributed by atoms with Crippen molar-refractivity contribution >= 4 is 35.8 Å². The van der Waals surface area contributed by atoms with Crippen molar-refractivity contribution in [2.75, 3.05) is 0 Å². The van der Waals surface area contributed by atoms with Gasteiger partial charge in [-0.3, -0.25) is 0 Å². The van der Waals surface area contributed by atoms with Gasteiger partial charge in [0.2, 0.25) is 0 Å². The van der Waals surface area contributed by atoms with E-state index in [1.807, 2.05) is 11.8 Å². The second-order valence-electron chi connectivity index (χ2n) is 5.71. The highest BCUT2D eigenvalue weighted by molar-refractivity contribution is 9.10. The lowest BCUT2D eigenvalue weighted by molar-refractivity contribution is 1.25. The molecule has 19 heavy (non-hydrogen) atoms. The van der Waals surface area contributed by atoms with Crippen molar-refractivity contribution in [3.8, 4) is 0 Å². The van der Waals surface area contributed by atoms with Gasteiger partial charge in [-0.25, -0.2) is 0 Å². The predicted octanol–water partition coefficient (Wildman–Crippen LogP) is 6.16. The minimum Gasteiger partial charge on any atom is -0.120 e. The molecule has 0 spiro atoms. The summed E-state index contributed by atoms with van der Waals surface area (Å²) in [4.78, 5) is 1.91. The molecule has 0 bridgehead atoms. The summed E-state index contributed by atoms with van der Waals surface area (Å²) in [6.07, 6.45) is 0. The highest BCUT2D eigenvalue weighted by Gasteiger charge is 2.29. The fourth-order valence-electron chi connectivity index (χ4n) is 2.04. The number of thioether (sulfide) groups is 1. The highest BCUT2D eigenvalue weighted by Crippen LogP contribution is 2.43. The van der Waals surface area contributed by atoms with Crippen molar-refractivity contribution in [3.05, 3.63) is 64.6 Å². The van der Waals surface area contributed by atoms with Gasteiger partial charge in [-0.15, -0.1) is 11.8 Å². The third kappa shape index (κ3) is 3.97. The summed E-state index contributed by atoms with van der Waals surface area (Å²) in [5, 5.41) is 0. The van der Waals surface area contributed by atoms with E-state index >= 15 is 0 Å². The summed E-state index contributed by atoms with van der Waals surface area (Å²) in [6.45, 7) is 7.32. The molecule has 2 aromatic carbocycles. The van der Waals surface area contributed by atoms with Crippen LogP contribution in [0.4, 0.5) is 0 Å². The molecule has 0 amide bonds. The van der Waals surface area contributed by atoms with E-state index in [9.17, 15) is 0 Å². The van der Waals surface area contributed by atoms with E-state index in [0.717, 1.165) is 0 Å². The average molecular weight is 351 g/mol. The zero-order valence-electron chi connectivity index (χ0n) is 11.6. The topological polar surface area (TPSA) is 0 Å². The SMILES string of the molecule is C[Si](C)(C)C(Sc1ccccc1Br)c1ccccc1. The number of halogens is 1. The first-order valence-electron chi connectivity index (χ1n) is 6.44. The summed E-state index contributed by atoms with van der Waals surface area (Å²) in [7, 11) is -1.29. The van der Waals surface area contributed by atoms with Crippen molar-refractivity contribution < 1.29 is 0 Å². The molecule has 100 valence electrons. The van der Waals surface area contributed by atoms with E-state index in [-0.39, 0.29) is 0 Å². The van der Waals surface area contributed by atoms with Crippen LogP contribution < -0.4 is 0 Å². The number of hydrogen-bond donors (Lipinski definition) is 0. The smallest absolute Gasteiger partial charge is 0.0647 e. The molecule has 1 unspecified atom stereocenters. The molecule has 0 radical (unpaired) electrons. The van der Waals surface area contributed by atoms with Crippen molar-refractivity contribution in [1.82, 2.24) is 0 Å². The van der Waals surface area contributed by atoms with Gasteiger partial charge in [0.1, 0.15) is 0 Å². The maximum Gasteiger partial charge on any atom is 0.0647 e. The molecule has 0 aromatic heterocycles. The van der Waals surface area contributed by atoms with Crippen molar-refractivity contribution in [1.29, 1.82) is 0 Å². The van der Waals surface area contributed by atoms with E-state index in [1.165, 1.54) is 14.9 Å². The van der Waals surface area contributed by atoms with Gasteiger partial charge < -0.3 is 0 Å². The van der Waals surface area contributed by atoms with E-state index in [1.54, 1.807) is 0 Å². The normalized spacial score (nSPS) is 13.3. The maximum atomic E-state index is 3.66. The second-order valence-corrected chi connectivity index (χ2v) is 13.4. The summed E-state index contributed by atoms with van der Waals surface area (Å²) in [5.41, 5.74) is 1.45. The average Bonchev–Trinajstić information content (AvgIpc) is 2.37. The van der Waals surface area contributed by atoms with Gasteiger partial charge in [-0.1, -0.05) is 62.1 Å². The first kappa shape index (κ1) is 14.9. The van der Waals surface area contributed by atoms with Crippen molar-refractivity contribution in [2.45, 2.75) is 29.4 Å². The predicted molar refractivity (Wildman–Crippen MR) is 92.5 cm³/mol. The zero-order valence-corrected chi connectivity index (χ0v) is 15.0. The van der Waals surface area contributed by atoms with Crippen molar-refractivity contribution in [3.63, 3.8) is 0 Å². The Morgan fingerprint density at radius 2 is 1.47 bits per heavy atom. The second kappa shape index (κ2) is 6.29. The molecule has 0 nitrogen and oxygen atoms in total. The van der Waals surface area contributed by atoms with Crippen LogP contribution in [0.25, 0.3) is 0 Å². The van der Waals surface area contributed by atoms with Crippen LogP contribution >= 0.6 is 27.7 Å². The molecule has 0 saturated heterocycles. The lowest BCUT2D eigenvalue weighted by Crippen LogP contribution is -2.28. The van der Waals surface area contributed by atoms with E-state index in [2.05, 4.69) is 90.2 Å². The van der Waals surface area contributed by atoms with Crippen molar-refractivity contribution in [2.24, 2.45) is 0 Å². The van der Waals surface area contributed by atoms with E-state index in [4.69, 9.17) is 0 Å². The van der Waals surface area contributed by atoms with E-state index in [0.29, 0.717) is 4.87 Å². The lowest BCUT2D eigenvalue weighted by Gasteiger charge is -2.29. The molecule has 0 fully saturated rings. The molecule has 0 saturated carbocycles. The highest BCUT2D eigenvalue weighted by atomic mass is 79.9. The zero-order chi connectivity index (χ0) is 13.9. The maximum absolute atomic E-state index is 3.66. The number of hydrogen-bond acceptors (Lipinski definition) is 1. The van der Waals surface area contributed by atoms with Gasteiger partial charge in [0.05, 0.1) is 8.07 Å². The first-order valence-corrected chi connectivity index (χ1v) is 11.7. The molecule has 0 heterocycles. The monoisotopic (exact) mass is 350 g/mol. The van der Waals surface area contributed by atoms with Crippen LogP contribution in [0, 0.1) is 0 Å². The van der Waals surface area contributed by atoms with Crippen LogP contribution in [0.2, 0.25) is 19.6 Å². The Bertz CT molecular complexity index is 534. The number of benzene rings is 2. The quantitative estimate of drug-likeness (QED) is 0.469. The molecule has 2 aromatic rings. The summed E-state index contributed by atoms with van der Waals surface area (Å²) in [5.74, 6) is 0. The van der Waals surface area contributed by atoms with Crippen LogP contribution in [-0.4, -0.2) is 8.07 Å². The van der Waals surface area contributed by atoms with Crippen LogP contribution in [0.3, 0.4) is 0 Å². The molecular weight excluding hydrogens is 332 g/mol. The summed E-state index contributed by atoms with van der Waals surface area (Å²) < 4.78 is 1.19. The number of rotatable bonds is 4. The molecule has 1 atom stereocenters. The standard InChI is InChI=1S/C16H19BrSSi/c1-19(2,3)16(13-9-5-4-6-10-13)18-15-12-8-7-11-14(15)17/h4-12,16H,1-3H3. The van der Waals surface area contributed by atoms with Crippen LogP contribution in [0.1, 0.15) is 10.4 Å². The Morgan fingerprint density at radius 3 is 2.05 bits per heavy atom. The Hall–Kier alpha value is -0.513. The van der Waals surface area contributed by atoms with Gasteiger partial charge in [0, 0.05) is 14.2 Å². The summed E-state index contributed by atoms with van der Waals surface area (Å²) >= 11 is 5.65. The molecule has 0 aliphatic carbocycles. The Labute approximate surface area is 129 Å². The lowest BCUT2D eigenvalue weighted by atomic mass is 10.2. The molecule has 0 aliphatic heterocycles. The van der Waals surface area contributed by atoms with Gasteiger partial charge >= 0.3 is 0 Å². The van der Waals surface area contributed by atoms with Gasteiger partial charge in [0.15, 0.2) is 0 Å². The molecule has 3 heteroatoms. The fourth-order valence-corrected chi connectivity index (χ4v) is 6.48. The fraction of sp³-hybridized carbons (Fsp3) is 0.250. The molecule has 2 rings (SSSR count). The van der Waals surface area contributed by atoms with Crippen LogP contribution in [0.15, 0.2) is 64.0 Å². The van der Waals surface area contributed by atoms with Crippen LogP contribution in [0.5, 0.6) is 0 Å². The van der Waals surface area contributed by atoms with Gasteiger partial charge in [0.25, 0.3) is 0 Å². The Morgan fingerprint density at radius 1 is 0.895 bits per heavy atom. The Balaban J connectivity index is 2.33. The largest absolute Gasteiger partial charge is 0.120 e. The van der Waals surface area contributed by atoms with Gasteiger partial charge in [-0.2, -0.15) is 0 Å². The minimum absolute atomic E-state index is 0.576. The Kier molecular flexibility index (Phi) is 4.93. The third-order valence-corrected chi connectivity index (χ3v) is 9.42. The van der Waals surface area contributed by atoms with E-state index < -0.39 is 8.07 Å². The third-order valence-electron chi connectivity index (χ3n) is 2.97. The molecular formula is C16H19BrSSi.